The van der Waals surface area contributed by atoms with E-state index in [-0.39, 0.29) is 5.91 Å². The molecule has 0 unspecified atom stereocenters. The molecule has 3 N–H and O–H groups in total. The molecule has 0 bridgehead atoms. The van der Waals surface area contributed by atoms with Gasteiger partial charge >= 0.3 is 5.97 Å². The zero-order chi connectivity index (χ0) is 13.6. The monoisotopic (exact) mass is 256 g/mol. The predicted octanol–water partition coefficient (Wildman–Crippen LogP) is 1.13. The Balaban J connectivity index is 3.26. The number of unbranched alkanes of at least 4 members (excludes halogenated alkanes) is 3. The number of nitrogens with two attached hydrogens (primary N) is 1. The topological polar surface area (TPSA) is 81.4 Å². The van der Waals surface area contributed by atoms with Crippen molar-refractivity contribution in [2.75, 3.05) is 19.7 Å². The quantitative estimate of drug-likeness (QED) is 0.330. The van der Waals surface area contributed by atoms with Gasteiger partial charge in [0, 0.05) is 19.0 Å². The first-order chi connectivity index (χ1) is 8.70. The molecule has 1 amide bonds. The summed E-state index contributed by atoms with van der Waals surface area (Å²) in [5.74, 6) is -0.376. The standard InChI is InChI=1S/C13H24N2O3/c1-2-13(17)18-11-7-10-15-12(16)8-5-3-4-6-9-14/h2H,1,3-11,14H2,(H,15,16). The largest absolute Gasteiger partial charge is 0.462 e. The molecule has 5 heteroatoms. The fourth-order valence-corrected chi connectivity index (χ4v) is 1.40. The molecule has 0 aromatic carbocycles. The third kappa shape index (κ3) is 11.1. The smallest absolute Gasteiger partial charge is 0.330 e. The van der Waals surface area contributed by atoms with Gasteiger partial charge in [-0.05, 0) is 25.8 Å². The van der Waals surface area contributed by atoms with Gasteiger partial charge in [0.25, 0.3) is 0 Å². The van der Waals surface area contributed by atoms with Crippen molar-refractivity contribution in [3.63, 3.8) is 0 Å². The molecule has 18 heavy (non-hydrogen) atoms. The Kier molecular flexibility index (Phi) is 11.2. The number of hydrogen-bond acceptors (Lipinski definition) is 4. The number of carbonyl (C=O) groups is 2. The highest BCUT2D eigenvalue weighted by atomic mass is 16.5. The highest BCUT2D eigenvalue weighted by Gasteiger charge is 2.00. The summed E-state index contributed by atoms with van der Waals surface area (Å²) in [6, 6.07) is 0. The molecule has 0 saturated carbocycles. The van der Waals surface area contributed by atoms with Gasteiger partial charge in [0.1, 0.15) is 0 Å². The van der Waals surface area contributed by atoms with Crippen molar-refractivity contribution in [2.24, 2.45) is 5.73 Å². The second-order valence-corrected chi connectivity index (χ2v) is 4.03. The molecule has 0 radical (unpaired) electrons. The molecule has 104 valence electrons. The molecule has 0 saturated heterocycles. The molecular weight excluding hydrogens is 232 g/mol. The number of rotatable bonds is 11. The van der Waals surface area contributed by atoms with Crippen LogP contribution in [0.5, 0.6) is 0 Å². The van der Waals surface area contributed by atoms with Crippen LogP contribution in [0.3, 0.4) is 0 Å². The van der Waals surface area contributed by atoms with Crippen LogP contribution >= 0.6 is 0 Å². The van der Waals surface area contributed by atoms with E-state index in [1.54, 1.807) is 0 Å². The summed E-state index contributed by atoms with van der Waals surface area (Å²) in [6.45, 7) is 4.85. The summed E-state index contributed by atoms with van der Waals surface area (Å²) in [5, 5.41) is 2.78. The maximum Gasteiger partial charge on any atom is 0.330 e. The van der Waals surface area contributed by atoms with Gasteiger partial charge < -0.3 is 15.8 Å². The van der Waals surface area contributed by atoms with Gasteiger partial charge in [-0.25, -0.2) is 4.79 Å². The second kappa shape index (κ2) is 12.1. The van der Waals surface area contributed by atoms with Crippen LogP contribution in [0.1, 0.15) is 38.5 Å². The van der Waals surface area contributed by atoms with Crippen LogP contribution in [-0.2, 0) is 14.3 Å². The van der Waals surface area contributed by atoms with Crippen molar-refractivity contribution in [2.45, 2.75) is 38.5 Å². The Hall–Kier alpha value is -1.36. The SMILES string of the molecule is C=CC(=O)OCCCNC(=O)CCCCCCN. The molecule has 0 spiro atoms. The first kappa shape index (κ1) is 16.6. The third-order valence-electron chi connectivity index (χ3n) is 2.41. The van der Waals surface area contributed by atoms with E-state index in [0.717, 1.165) is 38.3 Å². The van der Waals surface area contributed by atoms with Gasteiger partial charge in [0.05, 0.1) is 6.61 Å². The Bertz CT molecular complexity index is 255. The molecule has 0 atom stereocenters. The van der Waals surface area contributed by atoms with Crippen molar-refractivity contribution in [1.29, 1.82) is 0 Å². The van der Waals surface area contributed by atoms with E-state index in [1.807, 2.05) is 0 Å². The molecule has 0 aromatic rings. The van der Waals surface area contributed by atoms with Crippen molar-refractivity contribution in [3.8, 4) is 0 Å². The van der Waals surface area contributed by atoms with Gasteiger partial charge in [0.2, 0.25) is 5.91 Å². The highest BCUT2D eigenvalue weighted by molar-refractivity contribution is 5.81. The fourth-order valence-electron chi connectivity index (χ4n) is 1.40. The molecule has 0 heterocycles. The number of carbonyl (C=O) groups excluding carboxylic acids is 2. The number of hydrogen-bond donors (Lipinski definition) is 2. The van der Waals surface area contributed by atoms with Crippen molar-refractivity contribution in [1.82, 2.24) is 5.32 Å². The maximum absolute atomic E-state index is 11.4. The number of nitrogens with one attached hydrogen (secondary N) is 1. The molecule has 0 aromatic heterocycles. The molecule has 0 rings (SSSR count). The molecule has 0 aliphatic rings. The summed E-state index contributed by atoms with van der Waals surface area (Å²) >= 11 is 0. The molecule has 5 nitrogen and oxygen atoms in total. The van der Waals surface area contributed by atoms with Crippen LogP contribution in [0.25, 0.3) is 0 Å². The van der Waals surface area contributed by atoms with Gasteiger partial charge in [-0.15, -0.1) is 0 Å². The lowest BCUT2D eigenvalue weighted by Gasteiger charge is -2.05. The minimum absolute atomic E-state index is 0.0535. The summed E-state index contributed by atoms with van der Waals surface area (Å²) in [6.07, 6.45) is 6.35. The third-order valence-corrected chi connectivity index (χ3v) is 2.41. The van der Waals surface area contributed by atoms with E-state index < -0.39 is 5.97 Å². The van der Waals surface area contributed by atoms with Gasteiger partial charge in [-0.2, -0.15) is 0 Å². The Labute approximate surface area is 109 Å². The van der Waals surface area contributed by atoms with Crippen LogP contribution in [0.4, 0.5) is 0 Å². The van der Waals surface area contributed by atoms with Crippen LogP contribution in [0.15, 0.2) is 12.7 Å². The lowest BCUT2D eigenvalue weighted by atomic mass is 10.1. The Morgan fingerprint density at radius 2 is 1.89 bits per heavy atom. The van der Waals surface area contributed by atoms with Crippen LogP contribution in [0.2, 0.25) is 0 Å². The van der Waals surface area contributed by atoms with Crippen LogP contribution in [-0.4, -0.2) is 31.6 Å². The average Bonchev–Trinajstić information content (AvgIpc) is 2.37. The van der Waals surface area contributed by atoms with Crippen molar-refractivity contribution < 1.29 is 14.3 Å². The lowest BCUT2D eigenvalue weighted by Crippen LogP contribution is -2.25. The molecule has 0 aliphatic carbocycles. The molecular formula is C13H24N2O3. The second-order valence-electron chi connectivity index (χ2n) is 4.03. The predicted molar refractivity (Wildman–Crippen MR) is 70.9 cm³/mol. The Morgan fingerprint density at radius 1 is 1.17 bits per heavy atom. The van der Waals surface area contributed by atoms with Crippen LogP contribution < -0.4 is 11.1 Å². The minimum Gasteiger partial charge on any atom is -0.462 e. The number of amides is 1. The van der Waals surface area contributed by atoms with Gasteiger partial charge in [0.15, 0.2) is 0 Å². The zero-order valence-corrected chi connectivity index (χ0v) is 11.0. The van der Waals surface area contributed by atoms with E-state index in [9.17, 15) is 9.59 Å². The normalized spacial score (nSPS) is 9.83. The first-order valence-electron chi connectivity index (χ1n) is 6.46. The van der Waals surface area contributed by atoms with E-state index in [1.165, 1.54) is 0 Å². The summed E-state index contributed by atoms with van der Waals surface area (Å²) in [7, 11) is 0. The van der Waals surface area contributed by atoms with Crippen molar-refractivity contribution in [3.05, 3.63) is 12.7 Å². The number of ether oxygens (including phenoxy) is 1. The highest BCUT2D eigenvalue weighted by Crippen LogP contribution is 2.01. The van der Waals surface area contributed by atoms with E-state index >= 15 is 0 Å². The zero-order valence-electron chi connectivity index (χ0n) is 11.0. The lowest BCUT2D eigenvalue weighted by molar-refractivity contribution is -0.137. The average molecular weight is 256 g/mol. The molecule has 0 fully saturated rings. The fraction of sp³-hybridized carbons (Fsp3) is 0.692. The minimum atomic E-state index is -0.429. The summed E-state index contributed by atoms with van der Waals surface area (Å²) in [5.41, 5.74) is 5.37. The van der Waals surface area contributed by atoms with E-state index in [0.29, 0.717) is 26.0 Å². The summed E-state index contributed by atoms with van der Waals surface area (Å²) in [4.78, 5) is 22.1. The van der Waals surface area contributed by atoms with E-state index in [4.69, 9.17) is 10.5 Å². The van der Waals surface area contributed by atoms with Crippen molar-refractivity contribution >= 4 is 11.9 Å². The molecule has 0 aliphatic heterocycles. The summed E-state index contributed by atoms with van der Waals surface area (Å²) < 4.78 is 4.78. The first-order valence-corrected chi connectivity index (χ1v) is 6.46. The Morgan fingerprint density at radius 3 is 2.56 bits per heavy atom. The van der Waals surface area contributed by atoms with E-state index in [2.05, 4.69) is 11.9 Å². The number of esters is 1. The van der Waals surface area contributed by atoms with Gasteiger partial charge in [-0.3, -0.25) is 4.79 Å². The van der Waals surface area contributed by atoms with Gasteiger partial charge in [-0.1, -0.05) is 19.4 Å². The van der Waals surface area contributed by atoms with Crippen LogP contribution in [0, 0.1) is 0 Å². The maximum atomic E-state index is 11.4.